The SMILES string of the molecule is O=c1cc(C(F)(F)F)c2c(ccc3ncc(CC(F)(F)F)oc32)n1. The Hall–Kier alpha value is -2.65. The third kappa shape index (κ3) is 3.03. The van der Waals surface area contributed by atoms with Crippen molar-refractivity contribution < 1.29 is 30.8 Å². The first-order chi connectivity index (χ1) is 11.0. The van der Waals surface area contributed by atoms with Gasteiger partial charge in [-0.15, -0.1) is 0 Å². The molecule has 0 spiro atoms. The van der Waals surface area contributed by atoms with E-state index in [0.29, 0.717) is 0 Å². The first kappa shape index (κ1) is 16.2. The summed E-state index contributed by atoms with van der Waals surface area (Å²) in [6.45, 7) is 0. The van der Waals surface area contributed by atoms with Gasteiger partial charge in [-0.25, -0.2) is 9.97 Å². The molecule has 0 atom stereocenters. The molecule has 0 radical (unpaired) electrons. The molecule has 0 saturated carbocycles. The van der Waals surface area contributed by atoms with Crippen LogP contribution in [0.4, 0.5) is 26.3 Å². The molecule has 2 heterocycles. The highest BCUT2D eigenvalue weighted by Gasteiger charge is 2.35. The Morgan fingerprint density at radius 1 is 1.04 bits per heavy atom. The summed E-state index contributed by atoms with van der Waals surface area (Å²) < 4.78 is 81.9. The Labute approximate surface area is 128 Å². The van der Waals surface area contributed by atoms with Gasteiger partial charge in [0.2, 0.25) is 0 Å². The lowest BCUT2D eigenvalue weighted by molar-refractivity contribution is -0.136. The van der Waals surface area contributed by atoms with Gasteiger partial charge in [-0.3, -0.25) is 4.79 Å². The molecule has 0 N–H and O–H groups in total. The molecule has 3 rings (SSSR count). The second-order valence-electron chi connectivity index (χ2n) is 4.93. The standard InChI is InChI=1S/C14H6F6N2O2/c15-13(16,17)4-6-5-21-9-2-1-8-11(12(9)24-6)7(14(18,19)20)3-10(23)22-8/h1-3,5H,4H2. The summed E-state index contributed by atoms with van der Waals surface area (Å²) in [5, 5.41) is -0.601. The maximum absolute atomic E-state index is 13.2. The van der Waals surface area contributed by atoms with E-state index in [0.717, 1.165) is 12.3 Å². The maximum Gasteiger partial charge on any atom is 0.417 e. The van der Waals surface area contributed by atoms with Crippen LogP contribution in [-0.4, -0.2) is 16.1 Å². The molecule has 0 bridgehead atoms. The van der Waals surface area contributed by atoms with Crippen LogP contribution in [0.15, 0.2) is 33.6 Å². The Balaban J connectivity index is 2.39. The van der Waals surface area contributed by atoms with E-state index in [9.17, 15) is 31.1 Å². The quantitative estimate of drug-likeness (QED) is 0.495. The Kier molecular flexibility index (Phi) is 3.50. The lowest BCUT2D eigenvalue weighted by atomic mass is 10.1. The molecule has 1 aromatic carbocycles. The van der Waals surface area contributed by atoms with Crippen molar-refractivity contribution in [3.63, 3.8) is 0 Å². The van der Waals surface area contributed by atoms with E-state index in [2.05, 4.69) is 9.97 Å². The van der Waals surface area contributed by atoms with Gasteiger partial charge < -0.3 is 4.42 Å². The minimum absolute atomic E-state index is 0.0839. The minimum atomic E-state index is -4.91. The third-order valence-electron chi connectivity index (χ3n) is 3.14. The fourth-order valence-electron chi connectivity index (χ4n) is 2.27. The van der Waals surface area contributed by atoms with E-state index >= 15 is 0 Å². The average molecular weight is 348 g/mol. The first-order valence-corrected chi connectivity index (χ1v) is 6.41. The van der Waals surface area contributed by atoms with Crippen LogP contribution in [-0.2, 0) is 12.6 Å². The fraction of sp³-hybridized carbons (Fsp3) is 0.214. The van der Waals surface area contributed by atoms with Crippen molar-refractivity contribution in [3.05, 3.63) is 46.1 Å². The molecule has 0 fully saturated rings. The van der Waals surface area contributed by atoms with Gasteiger partial charge in [0.15, 0.2) is 5.58 Å². The molecular formula is C14H6F6N2O2. The topological polar surface area (TPSA) is 56.0 Å². The van der Waals surface area contributed by atoms with Crippen molar-refractivity contribution in [1.29, 1.82) is 0 Å². The summed E-state index contributed by atoms with van der Waals surface area (Å²) in [5.41, 5.74) is -3.38. The molecule has 2 aromatic heterocycles. The highest BCUT2D eigenvalue weighted by atomic mass is 19.4. The van der Waals surface area contributed by atoms with E-state index < -0.39 is 46.6 Å². The molecule has 0 amide bonds. The summed E-state index contributed by atoms with van der Waals surface area (Å²) >= 11 is 0. The van der Waals surface area contributed by atoms with Crippen molar-refractivity contribution in [2.45, 2.75) is 18.8 Å². The minimum Gasteiger partial charge on any atom is -0.457 e. The molecule has 4 nitrogen and oxygen atoms in total. The number of rotatable bonds is 1. The molecule has 0 saturated heterocycles. The van der Waals surface area contributed by atoms with E-state index in [1.807, 2.05) is 0 Å². The lowest BCUT2D eigenvalue weighted by Crippen LogP contribution is -2.14. The van der Waals surface area contributed by atoms with Gasteiger partial charge in [0, 0.05) is 6.07 Å². The third-order valence-corrected chi connectivity index (χ3v) is 3.14. The van der Waals surface area contributed by atoms with Crippen molar-refractivity contribution in [1.82, 2.24) is 9.97 Å². The van der Waals surface area contributed by atoms with E-state index in [1.165, 1.54) is 6.07 Å². The Morgan fingerprint density at radius 3 is 2.33 bits per heavy atom. The zero-order chi connectivity index (χ0) is 17.7. The van der Waals surface area contributed by atoms with Gasteiger partial charge in [0.25, 0.3) is 5.56 Å². The van der Waals surface area contributed by atoms with Gasteiger partial charge in [-0.2, -0.15) is 26.3 Å². The van der Waals surface area contributed by atoms with Crippen molar-refractivity contribution in [2.24, 2.45) is 0 Å². The van der Waals surface area contributed by atoms with E-state index in [4.69, 9.17) is 4.42 Å². The number of aromatic nitrogens is 2. The molecule has 3 aromatic rings. The van der Waals surface area contributed by atoms with Crippen LogP contribution in [0.5, 0.6) is 0 Å². The van der Waals surface area contributed by atoms with Gasteiger partial charge in [0.05, 0.1) is 22.7 Å². The Bertz CT molecular complexity index is 991. The Morgan fingerprint density at radius 2 is 1.71 bits per heavy atom. The van der Waals surface area contributed by atoms with Crippen LogP contribution in [0.3, 0.4) is 0 Å². The predicted octanol–water partition coefficient (Wildman–Crippen LogP) is 3.86. The van der Waals surface area contributed by atoms with Crippen LogP contribution >= 0.6 is 0 Å². The summed E-state index contributed by atoms with van der Waals surface area (Å²) in [4.78, 5) is 18.5. The molecule has 0 aliphatic carbocycles. The van der Waals surface area contributed by atoms with Gasteiger partial charge in [-0.05, 0) is 12.1 Å². The number of benzene rings is 1. The van der Waals surface area contributed by atoms with Gasteiger partial charge in [-0.1, -0.05) is 0 Å². The summed E-state index contributed by atoms with van der Waals surface area (Å²) in [5.74, 6) is -0.651. The van der Waals surface area contributed by atoms with Crippen LogP contribution in [0.1, 0.15) is 11.3 Å². The lowest BCUT2D eigenvalue weighted by Gasteiger charge is -2.12. The van der Waals surface area contributed by atoms with Crippen LogP contribution in [0.2, 0.25) is 0 Å². The van der Waals surface area contributed by atoms with Crippen LogP contribution in [0, 0.1) is 0 Å². The molecule has 0 aliphatic rings. The van der Waals surface area contributed by atoms with Gasteiger partial charge >= 0.3 is 12.4 Å². The van der Waals surface area contributed by atoms with E-state index in [1.54, 1.807) is 0 Å². The number of fused-ring (bicyclic) bond motifs is 3. The fourth-order valence-corrected chi connectivity index (χ4v) is 2.27. The molecule has 10 heteroatoms. The molecule has 24 heavy (non-hydrogen) atoms. The average Bonchev–Trinajstić information content (AvgIpc) is 2.43. The second kappa shape index (κ2) is 5.18. The smallest absolute Gasteiger partial charge is 0.417 e. The maximum atomic E-state index is 13.2. The van der Waals surface area contributed by atoms with Crippen molar-refractivity contribution >= 4 is 22.0 Å². The van der Waals surface area contributed by atoms with Crippen LogP contribution < -0.4 is 5.56 Å². The predicted molar refractivity (Wildman–Crippen MR) is 70.3 cm³/mol. The summed E-state index contributed by atoms with van der Waals surface area (Å²) in [6, 6.07) is 2.61. The number of alkyl halides is 6. The molecular weight excluding hydrogens is 342 g/mol. The number of hydrogen-bond acceptors (Lipinski definition) is 4. The number of pyridine rings is 1. The summed E-state index contributed by atoms with van der Waals surface area (Å²) in [7, 11) is 0. The first-order valence-electron chi connectivity index (χ1n) is 6.41. The van der Waals surface area contributed by atoms with Gasteiger partial charge in [0.1, 0.15) is 17.7 Å². The molecule has 0 aliphatic heterocycles. The normalized spacial score (nSPS) is 12.9. The highest BCUT2D eigenvalue weighted by Crippen LogP contribution is 2.37. The zero-order valence-corrected chi connectivity index (χ0v) is 11.5. The highest BCUT2D eigenvalue weighted by molar-refractivity contribution is 6.03. The zero-order valence-electron chi connectivity index (χ0n) is 11.5. The summed E-state index contributed by atoms with van der Waals surface area (Å²) in [6.07, 6.45) is -10.2. The van der Waals surface area contributed by atoms with Crippen LogP contribution in [0.25, 0.3) is 22.0 Å². The number of halogens is 6. The van der Waals surface area contributed by atoms with Crippen molar-refractivity contribution in [2.75, 3.05) is 0 Å². The number of nitrogens with zero attached hydrogens (tertiary/aromatic N) is 2. The molecule has 126 valence electrons. The largest absolute Gasteiger partial charge is 0.457 e. The van der Waals surface area contributed by atoms with E-state index in [-0.39, 0.29) is 17.1 Å². The monoisotopic (exact) mass is 348 g/mol. The van der Waals surface area contributed by atoms with Crippen molar-refractivity contribution in [3.8, 4) is 0 Å². The number of hydrogen-bond donors (Lipinski definition) is 0. The second-order valence-corrected chi connectivity index (χ2v) is 4.93. The molecule has 0 unspecified atom stereocenters.